The second-order valence-electron chi connectivity index (χ2n) is 7.00. The van der Waals surface area contributed by atoms with Gasteiger partial charge in [0.25, 0.3) is 6.02 Å². The Bertz CT molecular complexity index is 895. The Morgan fingerprint density at radius 2 is 2.00 bits per heavy atom. The second kappa shape index (κ2) is 8.55. The molecule has 0 aromatic heterocycles. The van der Waals surface area contributed by atoms with Crippen LogP contribution >= 0.6 is 0 Å². The molecule has 0 aliphatic carbocycles. The molecule has 1 aliphatic heterocycles. The maximum atomic E-state index is 12.9. The summed E-state index contributed by atoms with van der Waals surface area (Å²) in [6.45, 7) is 2.07. The molecule has 2 aromatic rings. The summed E-state index contributed by atoms with van der Waals surface area (Å²) in [4.78, 5) is 16.6. The van der Waals surface area contributed by atoms with Crippen LogP contribution in [-0.2, 0) is 22.1 Å². The van der Waals surface area contributed by atoms with Gasteiger partial charge < -0.3 is 15.8 Å². The number of ether oxygens (including phenoxy) is 1. The molecule has 0 fully saturated rings. The van der Waals surface area contributed by atoms with Gasteiger partial charge in [0.2, 0.25) is 5.91 Å². The molecule has 3 N–H and O–H groups in total. The maximum Gasteiger partial charge on any atom is 0.416 e. The van der Waals surface area contributed by atoms with Crippen LogP contribution in [0.3, 0.4) is 0 Å². The molecule has 1 unspecified atom stereocenters. The number of alkyl halides is 3. The molecular weight excluding hydrogens is 383 g/mol. The fourth-order valence-electron chi connectivity index (χ4n) is 3.06. The first-order chi connectivity index (χ1) is 13.7. The quantitative estimate of drug-likeness (QED) is 0.760. The summed E-state index contributed by atoms with van der Waals surface area (Å²) in [6.07, 6.45) is -2.84. The highest BCUT2D eigenvalue weighted by Gasteiger charge is 2.31. The number of rotatable bonds is 6. The molecule has 0 saturated carbocycles. The van der Waals surface area contributed by atoms with Gasteiger partial charge in [-0.05, 0) is 49.1 Å². The number of aliphatic imine (C=N–C) groups is 1. The van der Waals surface area contributed by atoms with Gasteiger partial charge in [-0.1, -0.05) is 30.3 Å². The van der Waals surface area contributed by atoms with E-state index in [-0.39, 0.29) is 18.0 Å². The summed E-state index contributed by atoms with van der Waals surface area (Å²) in [6, 6.07) is 12.4. The SMILES string of the molecule is CC(C(=O)Nc1ccc(CC[C@H]2COC(N)=N2)cc1)c1cccc(C(F)(F)F)c1. The van der Waals surface area contributed by atoms with Crippen molar-refractivity contribution >= 4 is 17.6 Å². The predicted octanol–water partition coefficient (Wildman–Crippen LogP) is 4.09. The molecule has 0 radical (unpaired) electrons. The lowest BCUT2D eigenvalue weighted by atomic mass is 9.98. The van der Waals surface area contributed by atoms with Crippen molar-refractivity contribution in [3.63, 3.8) is 0 Å². The number of amidine groups is 1. The fraction of sp³-hybridized carbons (Fsp3) is 0.333. The van der Waals surface area contributed by atoms with Crippen LogP contribution in [0.4, 0.5) is 18.9 Å². The van der Waals surface area contributed by atoms with E-state index >= 15 is 0 Å². The van der Waals surface area contributed by atoms with E-state index in [9.17, 15) is 18.0 Å². The number of carbonyl (C=O) groups is 1. The number of hydrogen-bond acceptors (Lipinski definition) is 4. The van der Waals surface area contributed by atoms with Crippen LogP contribution in [0.25, 0.3) is 0 Å². The Balaban J connectivity index is 1.57. The molecule has 3 rings (SSSR count). The zero-order valence-electron chi connectivity index (χ0n) is 15.9. The summed E-state index contributed by atoms with van der Waals surface area (Å²) >= 11 is 0. The number of aryl methyl sites for hydroxylation is 1. The highest BCUT2D eigenvalue weighted by molar-refractivity contribution is 5.95. The first kappa shape index (κ1) is 20.7. The number of carbonyl (C=O) groups excluding carboxylic acids is 1. The maximum absolute atomic E-state index is 12.9. The van der Waals surface area contributed by atoms with E-state index in [0.29, 0.717) is 17.9 Å². The van der Waals surface area contributed by atoms with Crippen LogP contribution in [0.1, 0.15) is 36.0 Å². The van der Waals surface area contributed by atoms with Gasteiger partial charge in [0.1, 0.15) is 6.61 Å². The Kier molecular flexibility index (Phi) is 6.10. The Morgan fingerprint density at radius 3 is 2.62 bits per heavy atom. The number of benzene rings is 2. The molecule has 29 heavy (non-hydrogen) atoms. The molecule has 154 valence electrons. The first-order valence-electron chi connectivity index (χ1n) is 9.25. The Hall–Kier alpha value is -3.03. The van der Waals surface area contributed by atoms with Crippen LogP contribution in [0, 0.1) is 0 Å². The van der Waals surface area contributed by atoms with Crippen molar-refractivity contribution in [2.75, 3.05) is 11.9 Å². The lowest BCUT2D eigenvalue weighted by Gasteiger charge is -2.15. The minimum atomic E-state index is -4.44. The van der Waals surface area contributed by atoms with Gasteiger partial charge in [-0.3, -0.25) is 4.79 Å². The third-order valence-electron chi connectivity index (χ3n) is 4.83. The van der Waals surface area contributed by atoms with Crippen LogP contribution in [0.2, 0.25) is 0 Å². The molecule has 2 aromatic carbocycles. The number of anilines is 1. The molecule has 1 aliphatic rings. The van der Waals surface area contributed by atoms with E-state index in [4.69, 9.17) is 10.5 Å². The Labute approximate surface area is 166 Å². The van der Waals surface area contributed by atoms with E-state index in [0.717, 1.165) is 30.5 Å². The smallest absolute Gasteiger partial charge is 0.416 e. The molecule has 0 bridgehead atoms. The predicted molar refractivity (Wildman–Crippen MR) is 105 cm³/mol. The van der Waals surface area contributed by atoms with Crippen molar-refractivity contribution in [2.45, 2.75) is 37.9 Å². The van der Waals surface area contributed by atoms with E-state index in [1.807, 2.05) is 12.1 Å². The van der Waals surface area contributed by atoms with Crippen molar-refractivity contribution in [3.05, 3.63) is 65.2 Å². The van der Waals surface area contributed by atoms with E-state index in [1.54, 1.807) is 19.1 Å². The van der Waals surface area contributed by atoms with Crippen LogP contribution in [-0.4, -0.2) is 24.6 Å². The zero-order chi connectivity index (χ0) is 21.0. The highest BCUT2D eigenvalue weighted by atomic mass is 19.4. The lowest BCUT2D eigenvalue weighted by molar-refractivity contribution is -0.137. The minimum absolute atomic E-state index is 0.0580. The number of hydrogen-bond donors (Lipinski definition) is 2. The standard InChI is InChI=1S/C21H22F3N3O2/c1-13(15-3-2-4-16(11-15)21(22,23)24)19(28)26-17-8-5-14(6-9-17)7-10-18-12-29-20(25)27-18/h2-6,8-9,11,13,18H,7,10,12H2,1H3,(H2,25,27)(H,26,28)/t13?,18-/m0/s1. The second-order valence-corrected chi connectivity index (χ2v) is 7.00. The third kappa shape index (κ3) is 5.49. The lowest BCUT2D eigenvalue weighted by Crippen LogP contribution is -2.19. The average Bonchev–Trinajstić information content (AvgIpc) is 3.11. The molecule has 1 heterocycles. The van der Waals surface area contributed by atoms with Gasteiger partial charge in [-0.25, -0.2) is 4.99 Å². The monoisotopic (exact) mass is 405 g/mol. The topological polar surface area (TPSA) is 76.7 Å². The average molecular weight is 405 g/mol. The normalized spacial score (nSPS) is 17.4. The summed E-state index contributed by atoms with van der Waals surface area (Å²) in [5.41, 5.74) is 6.70. The van der Waals surface area contributed by atoms with Gasteiger partial charge in [-0.2, -0.15) is 13.2 Å². The third-order valence-corrected chi connectivity index (χ3v) is 4.83. The summed E-state index contributed by atoms with van der Waals surface area (Å²) in [5, 5.41) is 2.75. The van der Waals surface area contributed by atoms with E-state index in [1.165, 1.54) is 12.1 Å². The van der Waals surface area contributed by atoms with Crippen molar-refractivity contribution < 1.29 is 22.7 Å². The molecule has 2 atom stereocenters. The van der Waals surface area contributed by atoms with Crippen molar-refractivity contribution in [1.29, 1.82) is 0 Å². The summed E-state index contributed by atoms with van der Waals surface area (Å²) < 4.78 is 43.8. The number of nitrogens with two attached hydrogens (primary N) is 1. The van der Waals surface area contributed by atoms with Crippen molar-refractivity contribution in [2.24, 2.45) is 10.7 Å². The fourth-order valence-corrected chi connectivity index (χ4v) is 3.06. The van der Waals surface area contributed by atoms with Gasteiger partial charge in [0.05, 0.1) is 17.5 Å². The number of nitrogens with one attached hydrogen (secondary N) is 1. The minimum Gasteiger partial charge on any atom is -0.463 e. The number of amides is 1. The van der Waals surface area contributed by atoms with E-state index < -0.39 is 17.7 Å². The van der Waals surface area contributed by atoms with Gasteiger partial charge in [0, 0.05) is 5.69 Å². The van der Waals surface area contributed by atoms with E-state index in [2.05, 4.69) is 10.3 Å². The number of nitrogens with zero attached hydrogens (tertiary/aromatic N) is 1. The van der Waals surface area contributed by atoms with Crippen molar-refractivity contribution in [1.82, 2.24) is 0 Å². The summed E-state index contributed by atoms with van der Waals surface area (Å²) in [5.74, 6) is -1.09. The van der Waals surface area contributed by atoms with Crippen molar-refractivity contribution in [3.8, 4) is 0 Å². The molecule has 5 nitrogen and oxygen atoms in total. The molecule has 8 heteroatoms. The molecular formula is C21H22F3N3O2. The van der Waals surface area contributed by atoms with Crippen LogP contribution in [0.15, 0.2) is 53.5 Å². The van der Waals surface area contributed by atoms with Gasteiger partial charge in [-0.15, -0.1) is 0 Å². The Morgan fingerprint density at radius 1 is 1.28 bits per heavy atom. The first-order valence-corrected chi connectivity index (χ1v) is 9.25. The molecule has 0 spiro atoms. The summed E-state index contributed by atoms with van der Waals surface area (Å²) in [7, 11) is 0. The number of halogens is 3. The highest BCUT2D eigenvalue weighted by Crippen LogP contribution is 2.31. The van der Waals surface area contributed by atoms with Gasteiger partial charge >= 0.3 is 6.18 Å². The zero-order valence-corrected chi connectivity index (χ0v) is 15.9. The van der Waals surface area contributed by atoms with Gasteiger partial charge in [0.15, 0.2) is 0 Å². The largest absolute Gasteiger partial charge is 0.463 e. The molecule has 0 saturated heterocycles. The molecule has 1 amide bonds. The van der Waals surface area contributed by atoms with Crippen LogP contribution < -0.4 is 11.1 Å². The van der Waals surface area contributed by atoms with Crippen LogP contribution in [0.5, 0.6) is 0 Å².